The molecule has 60 valence electrons. The van der Waals surface area contributed by atoms with Crippen LogP contribution in [0.5, 0.6) is 0 Å². The molecular formula is C5H10O5. The second-order valence-corrected chi connectivity index (χ2v) is 2.28. The largest absolute Gasteiger partial charge is 0.393 e. The molecule has 0 saturated carbocycles. The third kappa shape index (κ3) is 1.51. The summed E-state index contributed by atoms with van der Waals surface area (Å²) in [6, 6.07) is 0. The van der Waals surface area contributed by atoms with E-state index in [1.807, 2.05) is 0 Å². The second-order valence-electron chi connectivity index (χ2n) is 2.28. The van der Waals surface area contributed by atoms with Crippen LogP contribution in [-0.2, 0) is 4.79 Å². The standard InChI is InChI=1S/C5H10O5/c1-4(8,2-6)5(9,10)3-7/h3,6,8-10H,2H2,1H3. The molecule has 0 rings (SSSR count). The van der Waals surface area contributed by atoms with E-state index in [0.717, 1.165) is 6.92 Å². The molecule has 0 aliphatic carbocycles. The summed E-state index contributed by atoms with van der Waals surface area (Å²) >= 11 is 0. The maximum atomic E-state index is 9.86. The Labute approximate surface area is 57.5 Å². The molecule has 0 aliphatic rings. The highest BCUT2D eigenvalue weighted by Gasteiger charge is 2.43. The summed E-state index contributed by atoms with van der Waals surface area (Å²) in [6.07, 6.45) is -0.247. The van der Waals surface area contributed by atoms with E-state index in [9.17, 15) is 4.79 Å². The third-order valence-corrected chi connectivity index (χ3v) is 1.26. The molecule has 1 atom stereocenters. The Balaban J connectivity index is 4.43. The molecule has 0 bridgehead atoms. The Morgan fingerprint density at radius 1 is 1.40 bits per heavy atom. The van der Waals surface area contributed by atoms with E-state index in [1.54, 1.807) is 0 Å². The van der Waals surface area contributed by atoms with E-state index in [0.29, 0.717) is 0 Å². The summed E-state index contributed by atoms with van der Waals surface area (Å²) in [5.41, 5.74) is -2.21. The number of aldehydes is 1. The lowest BCUT2D eigenvalue weighted by molar-refractivity contribution is -0.253. The summed E-state index contributed by atoms with van der Waals surface area (Å²) in [7, 11) is 0. The molecule has 0 heterocycles. The first kappa shape index (κ1) is 9.51. The molecule has 1 unspecified atom stereocenters. The van der Waals surface area contributed by atoms with Crippen molar-refractivity contribution in [3.63, 3.8) is 0 Å². The molecule has 10 heavy (non-hydrogen) atoms. The number of aliphatic hydroxyl groups is 4. The van der Waals surface area contributed by atoms with Crippen LogP contribution >= 0.6 is 0 Å². The van der Waals surface area contributed by atoms with Crippen LogP contribution in [0.4, 0.5) is 0 Å². The molecule has 0 aromatic heterocycles. The second kappa shape index (κ2) is 2.63. The van der Waals surface area contributed by atoms with E-state index >= 15 is 0 Å². The Morgan fingerprint density at radius 2 is 1.80 bits per heavy atom. The monoisotopic (exact) mass is 150 g/mol. The molecule has 0 aromatic rings. The average molecular weight is 150 g/mol. The minimum atomic E-state index is -2.89. The van der Waals surface area contributed by atoms with Crippen LogP contribution in [-0.4, -0.2) is 44.7 Å². The fourth-order valence-corrected chi connectivity index (χ4v) is 0.243. The maximum absolute atomic E-state index is 9.86. The van der Waals surface area contributed by atoms with Crippen LogP contribution in [0.25, 0.3) is 0 Å². The normalized spacial score (nSPS) is 18.1. The summed E-state index contributed by atoms with van der Waals surface area (Å²) in [5, 5.41) is 34.5. The van der Waals surface area contributed by atoms with Crippen molar-refractivity contribution < 1.29 is 25.2 Å². The van der Waals surface area contributed by atoms with Gasteiger partial charge in [0.1, 0.15) is 5.60 Å². The Kier molecular flexibility index (Phi) is 2.50. The summed E-state index contributed by atoms with van der Waals surface area (Å²) in [4.78, 5) is 9.86. The lowest BCUT2D eigenvalue weighted by Gasteiger charge is -2.29. The Morgan fingerprint density at radius 3 is 1.90 bits per heavy atom. The Bertz CT molecular complexity index is 128. The van der Waals surface area contributed by atoms with E-state index in [-0.39, 0.29) is 6.29 Å². The molecule has 0 aliphatic heterocycles. The van der Waals surface area contributed by atoms with Gasteiger partial charge in [-0.15, -0.1) is 0 Å². The van der Waals surface area contributed by atoms with Gasteiger partial charge in [0.15, 0.2) is 6.29 Å². The van der Waals surface area contributed by atoms with Crippen molar-refractivity contribution in [3.8, 4) is 0 Å². The zero-order valence-corrected chi connectivity index (χ0v) is 5.48. The van der Waals surface area contributed by atoms with Crippen molar-refractivity contribution in [2.75, 3.05) is 6.61 Å². The SMILES string of the molecule is CC(O)(CO)C(O)(O)C=O. The van der Waals surface area contributed by atoms with Gasteiger partial charge in [0, 0.05) is 0 Å². The number of carbonyl (C=O) groups is 1. The van der Waals surface area contributed by atoms with Gasteiger partial charge < -0.3 is 20.4 Å². The molecule has 5 heteroatoms. The highest BCUT2D eigenvalue weighted by Crippen LogP contribution is 2.15. The predicted octanol–water partition coefficient (Wildman–Crippen LogP) is -2.39. The quantitative estimate of drug-likeness (QED) is 0.266. The molecule has 0 aromatic carbocycles. The van der Waals surface area contributed by atoms with Gasteiger partial charge in [-0.05, 0) is 6.92 Å². The van der Waals surface area contributed by atoms with Gasteiger partial charge in [-0.2, -0.15) is 0 Å². The summed E-state index contributed by atoms with van der Waals surface area (Å²) in [6.45, 7) is 0.0279. The fourth-order valence-electron chi connectivity index (χ4n) is 0.243. The molecule has 0 fully saturated rings. The van der Waals surface area contributed by atoms with E-state index < -0.39 is 18.0 Å². The van der Waals surface area contributed by atoms with Gasteiger partial charge in [-0.25, -0.2) is 0 Å². The topological polar surface area (TPSA) is 98.0 Å². The lowest BCUT2D eigenvalue weighted by atomic mass is 9.98. The maximum Gasteiger partial charge on any atom is 0.252 e. The summed E-state index contributed by atoms with van der Waals surface area (Å²) < 4.78 is 0. The smallest absolute Gasteiger partial charge is 0.252 e. The van der Waals surface area contributed by atoms with Crippen molar-refractivity contribution in [3.05, 3.63) is 0 Å². The number of aliphatic hydroxyl groups excluding tert-OH is 1. The third-order valence-electron chi connectivity index (χ3n) is 1.26. The van der Waals surface area contributed by atoms with E-state index in [2.05, 4.69) is 0 Å². The first-order chi connectivity index (χ1) is 4.37. The lowest BCUT2D eigenvalue weighted by Crippen LogP contribution is -2.55. The summed E-state index contributed by atoms with van der Waals surface area (Å²) in [5.74, 6) is -2.89. The van der Waals surface area contributed by atoms with Gasteiger partial charge in [0.25, 0.3) is 5.79 Å². The number of carbonyl (C=O) groups excluding carboxylic acids is 1. The molecule has 0 spiro atoms. The van der Waals surface area contributed by atoms with Gasteiger partial charge in [0.05, 0.1) is 6.61 Å². The van der Waals surface area contributed by atoms with Crippen LogP contribution in [0.1, 0.15) is 6.92 Å². The van der Waals surface area contributed by atoms with Crippen molar-refractivity contribution in [2.45, 2.75) is 18.3 Å². The van der Waals surface area contributed by atoms with Crippen molar-refractivity contribution in [2.24, 2.45) is 0 Å². The molecule has 5 nitrogen and oxygen atoms in total. The number of hydrogen-bond donors (Lipinski definition) is 4. The minimum absolute atomic E-state index is 0.247. The number of hydrogen-bond acceptors (Lipinski definition) is 5. The van der Waals surface area contributed by atoms with Gasteiger partial charge in [-0.1, -0.05) is 0 Å². The zero-order chi connectivity index (χ0) is 8.41. The minimum Gasteiger partial charge on any atom is -0.393 e. The van der Waals surface area contributed by atoms with Crippen LogP contribution in [0.3, 0.4) is 0 Å². The predicted molar refractivity (Wildman–Crippen MR) is 30.9 cm³/mol. The fraction of sp³-hybridized carbons (Fsp3) is 0.800. The number of rotatable bonds is 3. The van der Waals surface area contributed by atoms with Crippen molar-refractivity contribution in [1.29, 1.82) is 0 Å². The molecule has 0 radical (unpaired) electrons. The van der Waals surface area contributed by atoms with E-state index in [1.165, 1.54) is 0 Å². The molecule has 0 amide bonds. The van der Waals surface area contributed by atoms with Crippen LogP contribution in [0, 0.1) is 0 Å². The zero-order valence-electron chi connectivity index (χ0n) is 5.48. The van der Waals surface area contributed by atoms with Crippen molar-refractivity contribution in [1.82, 2.24) is 0 Å². The highest BCUT2D eigenvalue weighted by molar-refractivity contribution is 5.61. The molecular weight excluding hydrogens is 140 g/mol. The molecule has 0 saturated heterocycles. The van der Waals surface area contributed by atoms with Gasteiger partial charge >= 0.3 is 0 Å². The first-order valence-electron chi connectivity index (χ1n) is 2.61. The highest BCUT2D eigenvalue weighted by atomic mass is 16.5. The van der Waals surface area contributed by atoms with Gasteiger partial charge in [-0.3, -0.25) is 4.79 Å². The van der Waals surface area contributed by atoms with Crippen LogP contribution < -0.4 is 0 Å². The van der Waals surface area contributed by atoms with Crippen LogP contribution in [0.15, 0.2) is 0 Å². The van der Waals surface area contributed by atoms with Crippen molar-refractivity contribution >= 4 is 6.29 Å². The van der Waals surface area contributed by atoms with Gasteiger partial charge in [0.2, 0.25) is 0 Å². The Hall–Kier alpha value is -0.490. The average Bonchev–Trinajstić information content (AvgIpc) is 1.88. The molecule has 4 N–H and O–H groups in total. The van der Waals surface area contributed by atoms with E-state index in [4.69, 9.17) is 20.4 Å². The van der Waals surface area contributed by atoms with Crippen LogP contribution in [0.2, 0.25) is 0 Å². The first-order valence-corrected chi connectivity index (χ1v) is 2.61.